The minimum absolute atomic E-state index is 0.0566. The van der Waals surface area contributed by atoms with Crippen molar-refractivity contribution in [1.82, 2.24) is 10.6 Å². The number of amides is 2. The van der Waals surface area contributed by atoms with Crippen molar-refractivity contribution in [3.8, 4) is 0 Å². The van der Waals surface area contributed by atoms with Gasteiger partial charge < -0.3 is 16.0 Å². The van der Waals surface area contributed by atoms with Crippen LogP contribution in [0, 0.1) is 0 Å². The lowest BCUT2D eigenvalue weighted by Gasteiger charge is -2.21. The second-order valence-corrected chi connectivity index (χ2v) is 5.45. The van der Waals surface area contributed by atoms with Crippen molar-refractivity contribution in [3.63, 3.8) is 0 Å². The van der Waals surface area contributed by atoms with E-state index in [9.17, 15) is 4.79 Å². The molecule has 0 spiro atoms. The Bertz CT molecular complexity index is 466. The lowest BCUT2D eigenvalue weighted by Crippen LogP contribution is -2.36. The lowest BCUT2D eigenvalue weighted by atomic mass is 9.99. The third-order valence-electron chi connectivity index (χ3n) is 4.08. The average Bonchev–Trinajstić information content (AvgIpc) is 2.92. The van der Waals surface area contributed by atoms with Crippen LogP contribution < -0.4 is 16.0 Å². The van der Waals surface area contributed by atoms with Gasteiger partial charge in [0.2, 0.25) is 0 Å². The van der Waals surface area contributed by atoms with E-state index in [-0.39, 0.29) is 6.03 Å². The number of benzene rings is 1. The zero-order valence-electron chi connectivity index (χ0n) is 11.2. The smallest absolute Gasteiger partial charge is 0.319 e. The zero-order valence-corrected chi connectivity index (χ0v) is 11.2. The first kappa shape index (κ1) is 12.5. The van der Waals surface area contributed by atoms with Gasteiger partial charge in [-0.1, -0.05) is 25.0 Å². The molecule has 1 aromatic rings. The van der Waals surface area contributed by atoms with Crippen LogP contribution >= 0.6 is 0 Å². The summed E-state index contributed by atoms with van der Waals surface area (Å²) in [6, 6.07) is 6.44. The number of fused-ring (bicyclic) bond motifs is 1. The molecule has 3 rings (SSSR count). The number of hydrogen-bond acceptors (Lipinski definition) is 2. The Morgan fingerprint density at radius 3 is 2.95 bits per heavy atom. The molecule has 102 valence electrons. The monoisotopic (exact) mass is 259 g/mol. The van der Waals surface area contributed by atoms with Crippen molar-refractivity contribution in [2.45, 2.75) is 44.7 Å². The molecule has 0 aromatic heterocycles. The molecule has 1 saturated carbocycles. The van der Waals surface area contributed by atoms with Gasteiger partial charge >= 0.3 is 6.03 Å². The van der Waals surface area contributed by atoms with E-state index in [2.05, 4.69) is 22.0 Å². The minimum Gasteiger partial charge on any atom is -0.335 e. The van der Waals surface area contributed by atoms with Crippen LogP contribution in [0.15, 0.2) is 18.2 Å². The molecular formula is C15H21N3O. The Labute approximate surface area is 114 Å². The maximum Gasteiger partial charge on any atom is 0.319 e. The Kier molecular flexibility index (Phi) is 3.69. The Balaban J connectivity index is 1.67. The van der Waals surface area contributed by atoms with E-state index < -0.39 is 0 Å². The SMILES string of the molecule is O=C(Nc1cccc2c1CCNC2)NC1CCCC1. The molecular weight excluding hydrogens is 238 g/mol. The summed E-state index contributed by atoms with van der Waals surface area (Å²) in [5.41, 5.74) is 3.54. The van der Waals surface area contributed by atoms with Crippen LogP contribution in [0.25, 0.3) is 0 Å². The fourth-order valence-corrected chi connectivity index (χ4v) is 3.06. The molecule has 2 aliphatic rings. The molecule has 1 aliphatic carbocycles. The summed E-state index contributed by atoms with van der Waals surface area (Å²) in [6.07, 6.45) is 5.68. The quantitative estimate of drug-likeness (QED) is 0.764. The van der Waals surface area contributed by atoms with E-state index in [0.29, 0.717) is 6.04 Å². The number of rotatable bonds is 2. The summed E-state index contributed by atoms with van der Waals surface area (Å²) >= 11 is 0. The van der Waals surface area contributed by atoms with E-state index in [1.54, 1.807) is 0 Å². The molecule has 0 unspecified atom stereocenters. The molecule has 19 heavy (non-hydrogen) atoms. The molecule has 3 N–H and O–H groups in total. The third kappa shape index (κ3) is 2.89. The van der Waals surface area contributed by atoms with Crippen molar-refractivity contribution < 1.29 is 4.79 Å². The predicted octanol–water partition coefficient (Wildman–Crippen LogP) is 2.40. The van der Waals surface area contributed by atoms with E-state index in [4.69, 9.17) is 0 Å². The molecule has 2 amide bonds. The number of urea groups is 1. The van der Waals surface area contributed by atoms with Crippen LogP contribution in [0.2, 0.25) is 0 Å². The van der Waals surface area contributed by atoms with E-state index in [0.717, 1.165) is 38.0 Å². The second-order valence-electron chi connectivity index (χ2n) is 5.45. The van der Waals surface area contributed by atoms with Crippen molar-refractivity contribution in [2.75, 3.05) is 11.9 Å². The molecule has 4 nitrogen and oxygen atoms in total. The second kappa shape index (κ2) is 5.61. The normalized spacial score (nSPS) is 18.9. The summed E-state index contributed by atoms with van der Waals surface area (Å²) in [5.74, 6) is 0. The number of carbonyl (C=O) groups excluding carboxylic acids is 1. The van der Waals surface area contributed by atoms with Crippen LogP contribution in [0.1, 0.15) is 36.8 Å². The standard InChI is InChI=1S/C15H21N3O/c19-15(17-12-5-1-2-6-12)18-14-7-3-4-11-10-16-9-8-13(11)14/h3-4,7,12,16H,1-2,5-6,8-10H2,(H2,17,18,19). The van der Waals surface area contributed by atoms with Crippen LogP contribution in [-0.2, 0) is 13.0 Å². The zero-order chi connectivity index (χ0) is 13.1. The van der Waals surface area contributed by atoms with Crippen LogP contribution in [0.4, 0.5) is 10.5 Å². The molecule has 1 heterocycles. The van der Waals surface area contributed by atoms with Gasteiger partial charge in [0.1, 0.15) is 0 Å². The highest BCUT2D eigenvalue weighted by Crippen LogP contribution is 2.23. The van der Waals surface area contributed by atoms with Gasteiger partial charge in [0.15, 0.2) is 0 Å². The summed E-state index contributed by atoms with van der Waals surface area (Å²) in [6.45, 7) is 1.88. The molecule has 0 bridgehead atoms. The van der Waals surface area contributed by atoms with Gasteiger partial charge in [-0.2, -0.15) is 0 Å². The number of anilines is 1. The predicted molar refractivity (Wildman–Crippen MR) is 76.3 cm³/mol. The molecule has 1 aromatic carbocycles. The number of hydrogen-bond donors (Lipinski definition) is 3. The fraction of sp³-hybridized carbons (Fsp3) is 0.533. The average molecular weight is 259 g/mol. The first-order valence-electron chi connectivity index (χ1n) is 7.22. The van der Waals surface area contributed by atoms with Crippen molar-refractivity contribution in [2.24, 2.45) is 0 Å². The minimum atomic E-state index is -0.0566. The van der Waals surface area contributed by atoms with Gasteiger partial charge in [-0.05, 0) is 43.0 Å². The summed E-state index contributed by atoms with van der Waals surface area (Å²) < 4.78 is 0. The highest BCUT2D eigenvalue weighted by atomic mass is 16.2. The topological polar surface area (TPSA) is 53.2 Å². The van der Waals surface area contributed by atoms with Gasteiger partial charge in [0.05, 0.1) is 0 Å². The molecule has 1 fully saturated rings. The van der Waals surface area contributed by atoms with Gasteiger partial charge in [0.25, 0.3) is 0 Å². The Morgan fingerprint density at radius 1 is 1.26 bits per heavy atom. The lowest BCUT2D eigenvalue weighted by molar-refractivity contribution is 0.248. The van der Waals surface area contributed by atoms with E-state index in [1.807, 2.05) is 12.1 Å². The Hall–Kier alpha value is -1.55. The number of carbonyl (C=O) groups is 1. The molecule has 4 heteroatoms. The van der Waals surface area contributed by atoms with Gasteiger partial charge in [-0.3, -0.25) is 0 Å². The van der Waals surface area contributed by atoms with E-state index >= 15 is 0 Å². The number of nitrogens with one attached hydrogen (secondary N) is 3. The summed E-state index contributed by atoms with van der Waals surface area (Å²) in [4.78, 5) is 12.0. The van der Waals surface area contributed by atoms with Crippen molar-refractivity contribution in [3.05, 3.63) is 29.3 Å². The summed E-state index contributed by atoms with van der Waals surface area (Å²) in [5, 5.41) is 9.44. The highest BCUT2D eigenvalue weighted by molar-refractivity contribution is 5.90. The Morgan fingerprint density at radius 2 is 2.11 bits per heavy atom. The van der Waals surface area contributed by atoms with Crippen molar-refractivity contribution in [1.29, 1.82) is 0 Å². The van der Waals surface area contributed by atoms with Crippen LogP contribution in [-0.4, -0.2) is 18.6 Å². The summed E-state index contributed by atoms with van der Waals surface area (Å²) in [7, 11) is 0. The van der Waals surface area contributed by atoms with Gasteiger partial charge in [-0.25, -0.2) is 4.79 Å². The third-order valence-corrected chi connectivity index (χ3v) is 4.08. The fourth-order valence-electron chi connectivity index (χ4n) is 3.06. The van der Waals surface area contributed by atoms with Crippen molar-refractivity contribution >= 4 is 11.7 Å². The van der Waals surface area contributed by atoms with Crippen LogP contribution in [0.3, 0.4) is 0 Å². The maximum atomic E-state index is 12.0. The maximum absolute atomic E-state index is 12.0. The largest absolute Gasteiger partial charge is 0.335 e. The first-order chi connectivity index (χ1) is 9.33. The molecule has 0 radical (unpaired) electrons. The van der Waals surface area contributed by atoms with Crippen LogP contribution in [0.5, 0.6) is 0 Å². The molecule has 0 atom stereocenters. The first-order valence-corrected chi connectivity index (χ1v) is 7.22. The van der Waals surface area contributed by atoms with Gasteiger partial charge in [0, 0.05) is 18.3 Å². The molecule has 1 aliphatic heterocycles. The van der Waals surface area contributed by atoms with E-state index in [1.165, 1.54) is 24.0 Å². The van der Waals surface area contributed by atoms with Gasteiger partial charge in [-0.15, -0.1) is 0 Å². The molecule has 0 saturated heterocycles. The highest BCUT2D eigenvalue weighted by Gasteiger charge is 2.18.